The molecule has 6 rings (SSSR count). The highest BCUT2D eigenvalue weighted by atomic mass is 16.5. The second-order valence-electron chi connectivity index (χ2n) is 14.0. The molecule has 12 heteroatoms. The smallest absolute Gasteiger partial charge is 0.347 e. The number of nitrogens with zero attached hydrogens (tertiary/aromatic N) is 1. The molecule has 1 saturated heterocycles. The van der Waals surface area contributed by atoms with Gasteiger partial charge >= 0.3 is 5.97 Å². The number of ether oxygens (including phenoxy) is 2. The molecule has 1 aromatic heterocycles. The Morgan fingerprint density at radius 1 is 0.945 bits per heavy atom. The lowest BCUT2D eigenvalue weighted by atomic mass is 9.86. The van der Waals surface area contributed by atoms with Gasteiger partial charge in [-0.15, -0.1) is 0 Å². The number of aromatic nitrogens is 1. The molecule has 0 aliphatic carbocycles. The minimum atomic E-state index is -2.01. The second-order valence-corrected chi connectivity index (χ2v) is 14.0. The summed E-state index contributed by atoms with van der Waals surface area (Å²) in [4.78, 5) is 42.9. The Balaban J connectivity index is 0.957. The number of fused-ring (bicyclic) bond motifs is 1. The van der Waals surface area contributed by atoms with E-state index >= 15 is 0 Å². The monoisotopic (exact) mass is 748 g/mol. The number of nitrogens with one attached hydrogen (secondary N) is 3. The van der Waals surface area contributed by atoms with Crippen LogP contribution in [0.3, 0.4) is 0 Å². The fourth-order valence-electron chi connectivity index (χ4n) is 6.77. The van der Waals surface area contributed by atoms with E-state index in [1.54, 1.807) is 72.8 Å². The van der Waals surface area contributed by atoms with Crippen LogP contribution in [0.2, 0.25) is 0 Å². The number of aromatic hydroxyl groups is 1. The maximum absolute atomic E-state index is 13.6. The largest absolute Gasteiger partial charge is 0.506 e. The Bertz CT molecular complexity index is 2120. The molecule has 0 saturated carbocycles. The first-order valence-electron chi connectivity index (χ1n) is 18.6. The summed E-state index contributed by atoms with van der Waals surface area (Å²) in [6.45, 7) is 3.49. The van der Waals surface area contributed by atoms with Gasteiger partial charge < -0.3 is 45.3 Å². The minimum Gasteiger partial charge on any atom is -0.506 e. The van der Waals surface area contributed by atoms with Gasteiger partial charge in [-0.3, -0.25) is 9.59 Å². The van der Waals surface area contributed by atoms with E-state index in [9.17, 15) is 29.7 Å². The first-order chi connectivity index (χ1) is 26.6. The van der Waals surface area contributed by atoms with Crippen molar-refractivity contribution in [2.75, 3.05) is 46.4 Å². The number of hydrogen-bond acceptors (Lipinski definition) is 10. The highest BCUT2D eigenvalue weighted by Crippen LogP contribution is 2.34. The summed E-state index contributed by atoms with van der Waals surface area (Å²) >= 11 is 0. The number of phenols is 1. The van der Waals surface area contributed by atoms with E-state index in [-0.39, 0.29) is 41.8 Å². The predicted octanol–water partition coefficient (Wildman–Crippen LogP) is 4.38. The SMILES string of the molecule is CN1CCC(COC(=O)C(O)(c2ccccc2)c2cccc(OCCCNC(=O)c3ccc(CNC[C@H](O)c4ccc(O)c5[nH]c(=O)ccc45)cc3)c2)CC1. The summed E-state index contributed by atoms with van der Waals surface area (Å²) in [7, 11) is 2.08. The molecule has 5 aromatic rings. The summed E-state index contributed by atoms with van der Waals surface area (Å²) in [5, 5.41) is 39.5. The Labute approximate surface area is 319 Å². The molecule has 288 valence electrons. The number of esters is 1. The molecule has 0 spiro atoms. The van der Waals surface area contributed by atoms with Crippen LogP contribution in [0.4, 0.5) is 0 Å². The van der Waals surface area contributed by atoms with E-state index in [4.69, 9.17) is 9.47 Å². The fraction of sp³-hybridized carbons (Fsp3) is 0.326. The summed E-state index contributed by atoms with van der Waals surface area (Å²) in [5.74, 6) is -0.281. The number of rotatable bonds is 16. The van der Waals surface area contributed by atoms with Crippen molar-refractivity contribution in [3.05, 3.63) is 141 Å². The van der Waals surface area contributed by atoms with Crippen LogP contribution in [0.5, 0.6) is 11.5 Å². The third-order valence-corrected chi connectivity index (χ3v) is 10.1. The lowest BCUT2D eigenvalue weighted by molar-refractivity contribution is -0.164. The number of aliphatic hydroxyl groups excluding tert-OH is 1. The zero-order chi connectivity index (χ0) is 38.8. The van der Waals surface area contributed by atoms with Crippen LogP contribution in [0, 0.1) is 5.92 Å². The summed E-state index contributed by atoms with van der Waals surface area (Å²) in [6, 6.07) is 28.8. The molecule has 1 aliphatic rings. The highest BCUT2D eigenvalue weighted by Gasteiger charge is 2.42. The Morgan fingerprint density at radius 3 is 2.45 bits per heavy atom. The van der Waals surface area contributed by atoms with Crippen molar-refractivity contribution in [3.63, 3.8) is 0 Å². The number of aromatic amines is 1. The third kappa shape index (κ3) is 9.78. The number of likely N-dealkylation sites (tertiary alicyclic amines) is 1. The number of piperidine rings is 1. The molecule has 4 aromatic carbocycles. The molecule has 1 unspecified atom stereocenters. The molecule has 2 atom stereocenters. The number of benzene rings is 4. The van der Waals surface area contributed by atoms with E-state index in [1.165, 1.54) is 12.1 Å². The first-order valence-corrected chi connectivity index (χ1v) is 18.6. The molecule has 1 aliphatic heterocycles. The van der Waals surface area contributed by atoms with Crippen molar-refractivity contribution in [1.29, 1.82) is 0 Å². The molecular weight excluding hydrogens is 700 g/mol. The Morgan fingerprint density at radius 2 is 1.69 bits per heavy atom. The van der Waals surface area contributed by atoms with E-state index in [0.717, 1.165) is 31.5 Å². The maximum atomic E-state index is 13.6. The van der Waals surface area contributed by atoms with Crippen LogP contribution < -0.4 is 20.9 Å². The minimum absolute atomic E-state index is 0.0660. The molecule has 12 nitrogen and oxygen atoms in total. The van der Waals surface area contributed by atoms with Gasteiger partial charge in [0.05, 0.1) is 24.8 Å². The molecule has 55 heavy (non-hydrogen) atoms. The first kappa shape index (κ1) is 39.2. The number of aliphatic hydroxyl groups is 2. The lowest BCUT2D eigenvalue weighted by Crippen LogP contribution is -2.40. The zero-order valence-corrected chi connectivity index (χ0v) is 30.9. The quantitative estimate of drug-likeness (QED) is 0.0629. The van der Waals surface area contributed by atoms with E-state index in [1.807, 2.05) is 18.2 Å². The maximum Gasteiger partial charge on any atom is 0.347 e. The third-order valence-electron chi connectivity index (χ3n) is 10.1. The molecule has 0 bridgehead atoms. The van der Waals surface area contributed by atoms with Gasteiger partial charge in [0.1, 0.15) is 11.5 Å². The van der Waals surface area contributed by atoms with Gasteiger partial charge in [0, 0.05) is 42.2 Å². The Hall–Kier alpha value is -5.53. The standard InChI is InChI=1S/C43H48N4O8/c1-47-22-19-30(20-23-47)28-55-42(52)43(53,32-7-3-2-4-8-32)33-9-5-10-34(25-33)54-24-6-21-45-41(51)31-13-11-29(12-14-31)26-44-27-38(49)35-15-17-37(48)40-36(35)16-18-39(50)46-40/h2-5,7-18,25,30,38,44,48-49,53H,6,19-24,26-28H2,1H3,(H,45,51)(H,46,50)/t38-,43?/m0/s1. The average Bonchev–Trinajstić information content (AvgIpc) is 3.21. The summed E-state index contributed by atoms with van der Waals surface area (Å²) < 4.78 is 11.7. The van der Waals surface area contributed by atoms with Crippen molar-refractivity contribution in [2.45, 2.75) is 37.5 Å². The Kier molecular flexibility index (Phi) is 13.0. The summed E-state index contributed by atoms with van der Waals surface area (Å²) in [5.41, 5.74) is 0.679. The van der Waals surface area contributed by atoms with Crippen LogP contribution >= 0.6 is 0 Å². The van der Waals surface area contributed by atoms with E-state index in [2.05, 4.69) is 27.6 Å². The van der Waals surface area contributed by atoms with Gasteiger partial charge in [-0.1, -0.05) is 60.7 Å². The predicted molar refractivity (Wildman–Crippen MR) is 209 cm³/mol. The van der Waals surface area contributed by atoms with Crippen molar-refractivity contribution in [2.24, 2.45) is 5.92 Å². The van der Waals surface area contributed by atoms with Crippen molar-refractivity contribution < 1.29 is 34.4 Å². The van der Waals surface area contributed by atoms with Crippen LogP contribution in [0.15, 0.2) is 108 Å². The fourth-order valence-corrected chi connectivity index (χ4v) is 6.77. The van der Waals surface area contributed by atoms with E-state index < -0.39 is 17.7 Å². The van der Waals surface area contributed by atoms with Gasteiger partial charge in [0.15, 0.2) is 0 Å². The van der Waals surface area contributed by atoms with Crippen molar-refractivity contribution in [3.8, 4) is 11.5 Å². The molecule has 6 N–H and O–H groups in total. The molecule has 1 amide bonds. The number of pyridine rings is 1. The van der Waals surface area contributed by atoms with Crippen LogP contribution in [0.1, 0.15) is 58.0 Å². The molecule has 0 radical (unpaired) electrons. The van der Waals surface area contributed by atoms with Crippen molar-refractivity contribution in [1.82, 2.24) is 20.5 Å². The van der Waals surface area contributed by atoms with E-state index in [0.29, 0.717) is 59.5 Å². The number of phenolic OH excluding ortho intramolecular Hbond substituents is 1. The lowest BCUT2D eigenvalue weighted by Gasteiger charge is -2.31. The normalized spacial score (nSPS) is 15.3. The molecule has 2 heterocycles. The average molecular weight is 749 g/mol. The van der Waals surface area contributed by atoms with Crippen molar-refractivity contribution >= 4 is 22.8 Å². The number of H-pyrrole nitrogens is 1. The van der Waals surface area contributed by atoms with Gasteiger partial charge in [0.2, 0.25) is 11.2 Å². The number of carbonyl (C=O) groups excluding carboxylic acids is 2. The zero-order valence-electron chi connectivity index (χ0n) is 30.9. The van der Waals surface area contributed by atoms with Gasteiger partial charge in [-0.2, -0.15) is 0 Å². The highest BCUT2D eigenvalue weighted by molar-refractivity contribution is 5.94. The molecule has 1 fully saturated rings. The molecular formula is C43H48N4O8. The number of hydrogen-bond donors (Lipinski definition) is 6. The number of amides is 1. The second kappa shape index (κ2) is 18.2. The van der Waals surface area contributed by atoms with Crippen LogP contribution in [-0.2, 0) is 21.7 Å². The van der Waals surface area contributed by atoms with Crippen LogP contribution in [-0.4, -0.2) is 83.5 Å². The van der Waals surface area contributed by atoms with Gasteiger partial charge in [-0.25, -0.2) is 4.79 Å². The topological polar surface area (TPSA) is 173 Å². The number of carbonyl (C=O) groups is 2. The van der Waals surface area contributed by atoms with Gasteiger partial charge in [0.25, 0.3) is 5.91 Å². The van der Waals surface area contributed by atoms with Crippen LogP contribution in [0.25, 0.3) is 10.9 Å². The van der Waals surface area contributed by atoms with Gasteiger partial charge in [-0.05, 0) is 98.4 Å². The summed E-state index contributed by atoms with van der Waals surface area (Å²) in [6.07, 6.45) is 1.51.